The Morgan fingerprint density at radius 3 is 2.33 bits per heavy atom. The van der Waals surface area contributed by atoms with Crippen molar-refractivity contribution >= 4 is 5.78 Å². The van der Waals surface area contributed by atoms with Crippen molar-refractivity contribution in [2.24, 2.45) is 11.8 Å². The highest BCUT2D eigenvalue weighted by Gasteiger charge is 2.42. The van der Waals surface area contributed by atoms with Crippen LogP contribution in [0, 0.1) is 23.5 Å². The summed E-state index contributed by atoms with van der Waals surface area (Å²) in [4.78, 5) is 12.3. The molecule has 0 radical (unpaired) electrons. The molecular formula is C14H16F2O2. The molecule has 1 fully saturated rings. The highest BCUT2D eigenvalue weighted by atomic mass is 19.1. The van der Waals surface area contributed by atoms with E-state index in [4.69, 9.17) is 4.74 Å². The van der Waals surface area contributed by atoms with Crippen LogP contribution in [0.1, 0.15) is 31.1 Å². The summed E-state index contributed by atoms with van der Waals surface area (Å²) in [5, 5.41) is 0. The summed E-state index contributed by atoms with van der Waals surface area (Å²) >= 11 is 0. The van der Waals surface area contributed by atoms with Crippen LogP contribution in [0.4, 0.5) is 8.78 Å². The summed E-state index contributed by atoms with van der Waals surface area (Å²) in [6.07, 6.45) is -0.274. The molecule has 0 saturated carbocycles. The molecule has 1 saturated heterocycles. The Morgan fingerprint density at radius 1 is 1.17 bits per heavy atom. The molecule has 1 aliphatic heterocycles. The number of ether oxygens (including phenoxy) is 1. The molecule has 2 nitrogen and oxygen atoms in total. The summed E-state index contributed by atoms with van der Waals surface area (Å²) in [6, 6.07) is 3.04. The Kier molecular flexibility index (Phi) is 3.48. The standard InChI is InChI=1S/C14H16F2O2/c1-7-8(2)18-9(3)13(7)14(17)11-5-4-10(15)6-12(11)16/h4-9,13H,1-3H3. The van der Waals surface area contributed by atoms with Crippen molar-refractivity contribution in [3.05, 3.63) is 35.4 Å². The second-order valence-electron chi connectivity index (χ2n) is 4.92. The minimum absolute atomic E-state index is 0.0250. The zero-order chi connectivity index (χ0) is 13.4. The molecular weight excluding hydrogens is 238 g/mol. The van der Waals surface area contributed by atoms with Gasteiger partial charge in [0.05, 0.1) is 23.7 Å². The van der Waals surface area contributed by atoms with Gasteiger partial charge in [-0.15, -0.1) is 0 Å². The van der Waals surface area contributed by atoms with Crippen LogP contribution in [0.2, 0.25) is 0 Å². The van der Waals surface area contributed by atoms with Gasteiger partial charge in [0.2, 0.25) is 0 Å². The van der Waals surface area contributed by atoms with Crippen molar-refractivity contribution in [2.45, 2.75) is 33.0 Å². The van der Waals surface area contributed by atoms with Crippen LogP contribution >= 0.6 is 0 Å². The van der Waals surface area contributed by atoms with E-state index in [-0.39, 0.29) is 35.4 Å². The van der Waals surface area contributed by atoms with E-state index in [1.807, 2.05) is 20.8 Å². The van der Waals surface area contributed by atoms with Crippen molar-refractivity contribution in [1.29, 1.82) is 0 Å². The van der Waals surface area contributed by atoms with E-state index in [1.54, 1.807) is 0 Å². The minimum Gasteiger partial charge on any atom is -0.374 e. The first-order chi connectivity index (χ1) is 8.41. The third kappa shape index (κ3) is 2.17. The maximum atomic E-state index is 13.6. The Bertz CT molecular complexity index is 473. The minimum atomic E-state index is -0.807. The highest BCUT2D eigenvalue weighted by molar-refractivity contribution is 5.98. The van der Waals surface area contributed by atoms with Crippen LogP contribution in [0.15, 0.2) is 18.2 Å². The van der Waals surface area contributed by atoms with E-state index in [2.05, 4.69) is 0 Å². The predicted molar refractivity (Wildman–Crippen MR) is 63.4 cm³/mol. The number of Topliss-reactive ketones (excluding diaryl/α,β-unsaturated/α-hetero) is 1. The van der Waals surface area contributed by atoms with E-state index in [9.17, 15) is 13.6 Å². The molecule has 0 aromatic heterocycles. The molecule has 0 aliphatic carbocycles. The molecule has 2 rings (SSSR count). The number of benzene rings is 1. The molecule has 0 N–H and O–H groups in total. The molecule has 1 aromatic carbocycles. The average molecular weight is 254 g/mol. The number of rotatable bonds is 2. The smallest absolute Gasteiger partial charge is 0.171 e. The average Bonchev–Trinajstić information content (AvgIpc) is 2.52. The van der Waals surface area contributed by atoms with Gasteiger partial charge in [0.1, 0.15) is 11.6 Å². The van der Waals surface area contributed by atoms with Crippen LogP contribution in [0.3, 0.4) is 0 Å². The fourth-order valence-electron chi connectivity index (χ4n) is 2.59. The zero-order valence-electron chi connectivity index (χ0n) is 10.6. The molecule has 0 spiro atoms. The van der Waals surface area contributed by atoms with E-state index < -0.39 is 11.6 Å². The Hall–Kier alpha value is -1.29. The van der Waals surface area contributed by atoms with Crippen LogP contribution in [0.25, 0.3) is 0 Å². The lowest BCUT2D eigenvalue weighted by Gasteiger charge is -2.17. The van der Waals surface area contributed by atoms with Gasteiger partial charge in [-0.2, -0.15) is 0 Å². The lowest BCUT2D eigenvalue weighted by Crippen LogP contribution is -2.27. The maximum Gasteiger partial charge on any atom is 0.171 e. The van der Waals surface area contributed by atoms with Crippen molar-refractivity contribution in [2.75, 3.05) is 0 Å². The van der Waals surface area contributed by atoms with Gasteiger partial charge < -0.3 is 4.74 Å². The highest BCUT2D eigenvalue weighted by Crippen LogP contribution is 2.34. The van der Waals surface area contributed by atoms with E-state index in [1.165, 1.54) is 6.07 Å². The summed E-state index contributed by atoms with van der Waals surface area (Å²) < 4.78 is 32.0. The Balaban J connectivity index is 2.31. The zero-order valence-corrected chi connectivity index (χ0v) is 10.6. The quantitative estimate of drug-likeness (QED) is 0.757. The SMILES string of the molecule is CC1OC(C)C(C(=O)c2ccc(F)cc2F)C1C. The van der Waals surface area contributed by atoms with Crippen molar-refractivity contribution in [1.82, 2.24) is 0 Å². The van der Waals surface area contributed by atoms with Gasteiger partial charge in [-0.1, -0.05) is 6.92 Å². The monoisotopic (exact) mass is 254 g/mol. The maximum absolute atomic E-state index is 13.6. The third-order valence-corrected chi connectivity index (χ3v) is 3.74. The molecule has 18 heavy (non-hydrogen) atoms. The van der Waals surface area contributed by atoms with E-state index in [0.717, 1.165) is 12.1 Å². The number of hydrogen-bond donors (Lipinski definition) is 0. The molecule has 1 heterocycles. The Labute approximate surface area is 105 Å². The van der Waals surface area contributed by atoms with Gasteiger partial charge in [0, 0.05) is 6.07 Å². The first kappa shape index (κ1) is 13.1. The normalized spacial score (nSPS) is 31.6. The van der Waals surface area contributed by atoms with E-state index >= 15 is 0 Å². The second-order valence-corrected chi connectivity index (χ2v) is 4.92. The summed E-state index contributed by atoms with van der Waals surface area (Å²) in [5.74, 6) is -2.14. The van der Waals surface area contributed by atoms with Gasteiger partial charge in [0.25, 0.3) is 0 Å². The summed E-state index contributed by atoms with van der Waals surface area (Å²) in [6.45, 7) is 5.62. The Morgan fingerprint density at radius 2 is 1.83 bits per heavy atom. The molecule has 4 heteroatoms. The molecule has 0 amide bonds. The van der Waals surface area contributed by atoms with E-state index in [0.29, 0.717) is 0 Å². The van der Waals surface area contributed by atoms with Crippen LogP contribution in [0.5, 0.6) is 0 Å². The number of halogens is 2. The number of hydrogen-bond acceptors (Lipinski definition) is 2. The van der Waals surface area contributed by atoms with Crippen molar-refractivity contribution < 1.29 is 18.3 Å². The van der Waals surface area contributed by atoms with Gasteiger partial charge in [-0.05, 0) is 31.9 Å². The molecule has 98 valence electrons. The molecule has 1 aliphatic rings. The fourth-order valence-corrected chi connectivity index (χ4v) is 2.59. The lowest BCUT2D eigenvalue weighted by molar-refractivity contribution is 0.0490. The third-order valence-electron chi connectivity index (χ3n) is 3.74. The van der Waals surface area contributed by atoms with Gasteiger partial charge in [-0.3, -0.25) is 4.79 Å². The topological polar surface area (TPSA) is 26.3 Å². The van der Waals surface area contributed by atoms with Gasteiger partial charge in [0.15, 0.2) is 5.78 Å². The molecule has 0 bridgehead atoms. The number of carbonyl (C=O) groups excluding carboxylic acids is 1. The fraction of sp³-hybridized carbons (Fsp3) is 0.500. The second kappa shape index (κ2) is 4.76. The largest absolute Gasteiger partial charge is 0.374 e. The van der Waals surface area contributed by atoms with Crippen LogP contribution in [-0.4, -0.2) is 18.0 Å². The summed E-state index contributed by atoms with van der Waals surface area (Å²) in [5.41, 5.74) is -0.0576. The molecule has 4 unspecified atom stereocenters. The number of carbonyl (C=O) groups is 1. The predicted octanol–water partition coefficient (Wildman–Crippen LogP) is 3.21. The first-order valence-electron chi connectivity index (χ1n) is 6.06. The summed E-state index contributed by atoms with van der Waals surface area (Å²) in [7, 11) is 0. The molecule has 1 aromatic rings. The van der Waals surface area contributed by atoms with Crippen molar-refractivity contribution in [3.63, 3.8) is 0 Å². The van der Waals surface area contributed by atoms with Gasteiger partial charge >= 0.3 is 0 Å². The van der Waals surface area contributed by atoms with Gasteiger partial charge in [-0.25, -0.2) is 8.78 Å². The van der Waals surface area contributed by atoms with Crippen LogP contribution < -0.4 is 0 Å². The lowest BCUT2D eigenvalue weighted by atomic mass is 9.83. The van der Waals surface area contributed by atoms with Crippen LogP contribution in [-0.2, 0) is 4.74 Å². The van der Waals surface area contributed by atoms with Crippen molar-refractivity contribution in [3.8, 4) is 0 Å². The number of ketones is 1. The molecule has 4 atom stereocenters. The first-order valence-corrected chi connectivity index (χ1v) is 6.06.